The van der Waals surface area contributed by atoms with Gasteiger partial charge in [-0.25, -0.2) is 4.79 Å². The summed E-state index contributed by atoms with van der Waals surface area (Å²) in [5.74, 6) is -4.56. The Morgan fingerprint density at radius 1 is 0.925 bits per heavy atom. The Morgan fingerprint density at radius 2 is 1.61 bits per heavy atom. The van der Waals surface area contributed by atoms with Crippen molar-refractivity contribution in [2.75, 3.05) is 54.6 Å². The van der Waals surface area contributed by atoms with Gasteiger partial charge in [0.2, 0.25) is 5.43 Å². The number of ether oxygens (including phenoxy) is 9. The Morgan fingerprint density at radius 3 is 2.24 bits per heavy atom. The number of aryl methyl sites for hydroxylation is 1. The number of carboxylic acid groups (broad SMARTS) is 1. The molecule has 3 aliphatic rings. The number of fused-ring (bicyclic) bond motifs is 1. The first-order valence-corrected chi connectivity index (χ1v) is 28.8. The number of benzene rings is 1. The number of pyridine rings is 1. The van der Waals surface area contributed by atoms with E-state index in [-0.39, 0.29) is 42.9 Å². The van der Waals surface area contributed by atoms with Crippen LogP contribution in [0.2, 0.25) is 0 Å². The van der Waals surface area contributed by atoms with Crippen molar-refractivity contribution in [1.29, 1.82) is 0 Å². The van der Waals surface area contributed by atoms with Crippen LogP contribution in [0.5, 0.6) is 0 Å². The van der Waals surface area contributed by atoms with Crippen LogP contribution in [0, 0.1) is 17.8 Å². The van der Waals surface area contributed by atoms with Gasteiger partial charge in [0.1, 0.15) is 29.5 Å². The van der Waals surface area contributed by atoms with Gasteiger partial charge >= 0.3 is 17.9 Å². The largest absolute Gasteiger partial charge is 0.477 e. The molecule has 454 valence electrons. The number of cyclic esters (lactones) is 1. The summed E-state index contributed by atoms with van der Waals surface area (Å²) < 4.78 is 59.7. The van der Waals surface area contributed by atoms with Gasteiger partial charge in [-0.15, -0.1) is 0 Å². The average molecular weight is 1130 g/mol. The summed E-state index contributed by atoms with van der Waals surface area (Å²) in [4.78, 5) is 55.9. The van der Waals surface area contributed by atoms with Crippen LogP contribution in [0.4, 0.5) is 0 Å². The van der Waals surface area contributed by atoms with Gasteiger partial charge in [-0.3, -0.25) is 14.4 Å². The van der Waals surface area contributed by atoms with Crippen molar-refractivity contribution in [2.45, 2.75) is 225 Å². The summed E-state index contributed by atoms with van der Waals surface area (Å²) >= 11 is 0. The first-order chi connectivity index (χ1) is 37.5. The van der Waals surface area contributed by atoms with Gasteiger partial charge in [0, 0.05) is 70.3 Å². The van der Waals surface area contributed by atoms with E-state index in [1.165, 1.54) is 20.0 Å². The molecule has 20 nitrogen and oxygen atoms in total. The SMILES string of the molecule is CC[C@H]1OC(=O)[C@H](C)[C@@H](O[C@H]2C[C@@](C)(OC)[C@@H](OCCCCCOC/C=C/c3ccc4c(c3)c(=O)c(C(=O)O)cn4CC)[C@H](C)O2)[C@H](C)[C@@H](O[C@@H]2O[C@H](C)C[C@H](N(C)C)[C@H]2OC(C)=O)[C@](C)(O)C[C@@H](C)CN(C)[C@@H](C)[C@H](O)[C@]1(C)O. The number of hydrogen-bond donors (Lipinski definition) is 4. The molecule has 20 heteroatoms. The van der Waals surface area contributed by atoms with Crippen molar-refractivity contribution >= 4 is 34.9 Å². The lowest BCUT2D eigenvalue weighted by Crippen LogP contribution is -2.61. The number of unbranched alkanes of at least 4 members (excludes halogenated alkanes) is 2. The van der Waals surface area contributed by atoms with Crippen molar-refractivity contribution in [1.82, 2.24) is 14.4 Å². The Labute approximate surface area is 474 Å². The molecular formula is C60H97N3O17. The van der Waals surface area contributed by atoms with Gasteiger partial charge in [-0.2, -0.15) is 0 Å². The fraction of sp³-hybridized carbons (Fsp3) is 0.767. The van der Waals surface area contributed by atoms with Crippen molar-refractivity contribution < 1.29 is 77.4 Å². The van der Waals surface area contributed by atoms with Crippen molar-refractivity contribution in [3.8, 4) is 0 Å². The second kappa shape index (κ2) is 29.1. The highest BCUT2D eigenvalue weighted by Crippen LogP contribution is 2.41. The van der Waals surface area contributed by atoms with Crippen LogP contribution in [-0.4, -0.2) is 198 Å². The zero-order valence-electron chi connectivity index (χ0n) is 50.5. The summed E-state index contributed by atoms with van der Waals surface area (Å²) in [5.41, 5.74) is -3.75. The number of rotatable bonds is 20. The number of aromatic nitrogens is 1. The average Bonchev–Trinajstić information content (AvgIpc) is 3.39. The highest BCUT2D eigenvalue weighted by Gasteiger charge is 2.54. The molecule has 0 radical (unpaired) electrons. The van der Waals surface area contributed by atoms with Crippen LogP contribution < -0.4 is 5.43 Å². The molecule has 1 aromatic heterocycles. The van der Waals surface area contributed by atoms with Crippen LogP contribution in [0.1, 0.15) is 144 Å². The van der Waals surface area contributed by atoms with Gasteiger partial charge in [-0.1, -0.05) is 39.0 Å². The molecule has 0 saturated carbocycles. The summed E-state index contributed by atoms with van der Waals surface area (Å²) in [7, 11) is 7.24. The molecule has 3 saturated heterocycles. The number of likely N-dealkylation sites (N-methyl/N-ethyl adjacent to an activating group) is 2. The molecule has 5 rings (SSSR count). The maximum absolute atomic E-state index is 14.7. The maximum atomic E-state index is 14.7. The van der Waals surface area contributed by atoms with E-state index in [1.807, 2.05) is 96.8 Å². The first kappa shape index (κ1) is 66.9. The van der Waals surface area contributed by atoms with E-state index in [9.17, 15) is 39.6 Å². The summed E-state index contributed by atoms with van der Waals surface area (Å²) in [6, 6.07) is 4.53. The minimum Gasteiger partial charge on any atom is -0.477 e. The number of nitrogens with zero attached hydrogens (tertiary/aromatic N) is 3. The molecule has 0 bridgehead atoms. The smallest absolute Gasteiger partial charge is 0.341 e. The Kier molecular flexibility index (Phi) is 24.3. The van der Waals surface area contributed by atoms with Gasteiger partial charge in [0.15, 0.2) is 18.7 Å². The Bertz CT molecular complexity index is 2430. The van der Waals surface area contributed by atoms with Crippen molar-refractivity contribution in [3.05, 3.63) is 51.8 Å². The number of aromatic carboxylic acids is 1. The standard InChI is InChI=1S/C60H97N3O17/c1-17-47-60(12,71)52(66)39(7)62(15)33-35(3)31-58(10,70)53(80-57-51(77-41(9)64)46(61(13)14)29-36(4)75-57)37(5)50(38(6)56(69)78-47)79-48-32-59(11,72-16)54(40(8)76-48)74-28-21-19-20-26-73-27-22-23-42-24-25-45-43(30-42)49(65)44(55(67)68)34-63(45)18-2/h22-25,30,34-40,46-48,50-54,57,66,70-71H,17-21,26-29,31-33H2,1-16H3,(H,67,68)/b23-22+/t35-,36-,37+,38-,39+,40+,46+,47-,48+,50+,51-,52+,53-,54+,57+,58-,59-,60-/m1/s1. The lowest BCUT2D eigenvalue weighted by Gasteiger charge is -2.49. The highest BCUT2D eigenvalue weighted by atomic mass is 16.7. The molecule has 3 aliphatic heterocycles. The number of methoxy groups -OCH3 is 1. The Balaban J connectivity index is 1.32. The van der Waals surface area contributed by atoms with E-state index < -0.39 is 113 Å². The molecule has 4 N–H and O–H groups in total. The molecule has 0 unspecified atom stereocenters. The number of carboxylic acids is 1. The minimum atomic E-state index is -1.85. The fourth-order valence-electron chi connectivity index (χ4n) is 12.3. The van der Waals surface area contributed by atoms with E-state index in [0.29, 0.717) is 50.2 Å². The van der Waals surface area contributed by atoms with Crippen LogP contribution in [-0.2, 0) is 58.8 Å². The quantitative estimate of drug-likeness (QED) is 0.0825. The van der Waals surface area contributed by atoms with Gasteiger partial charge in [0.25, 0.3) is 0 Å². The van der Waals surface area contributed by atoms with Crippen LogP contribution in [0.3, 0.4) is 0 Å². The third-order valence-electron chi connectivity index (χ3n) is 16.9. The molecular weight excluding hydrogens is 1030 g/mol. The van der Waals surface area contributed by atoms with E-state index in [1.54, 1.807) is 45.4 Å². The summed E-state index contributed by atoms with van der Waals surface area (Å²) in [6.45, 7) is 23.4. The van der Waals surface area contributed by atoms with Crippen LogP contribution in [0.15, 0.2) is 35.3 Å². The Hall–Kier alpha value is -3.90. The number of hydrogen-bond acceptors (Lipinski definition) is 18. The molecule has 0 aliphatic carbocycles. The molecule has 18 atom stereocenters. The maximum Gasteiger partial charge on any atom is 0.341 e. The topological polar surface area (TPSA) is 244 Å². The zero-order chi connectivity index (χ0) is 59.6. The summed E-state index contributed by atoms with van der Waals surface area (Å²) in [5, 5.41) is 46.5. The zero-order valence-corrected chi connectivity index (χ0v) is 50.5. The molecule has 2 aromatic rings. The molecule has 0 amide bonds. The molecule has 3 fully saturated rings. The van der Waals surface area contributed by atoms with E-state index in [2.05, 4.69) is 0 Å². The van der Waals surface area contributed by atoms with Crippen LogP contribution in [0.25, 0.3) is 17.0 Å². The minimum absolute atomic E-state index is 0.187. The van der Waals surface area contributed by atoms with Crippen molar-refractivity contribution in [3.63, 3.8) is 0 Å². The first-order valence-electron chi connectivity index (χ1n) is 28.8. The normalized spacial score (nSPS) is 36.4. The monoisotopic (exact) mass is 1130 g/mol. The lowest BCUT2D eigenvalue weighted by molar-refractivity contribution is -0.321. The number of esters is 2. The number of aliphatic hydroxyl groups excluding tert-OH is 1. The van der Waals surface area contributed by atoms with Gasteiger partial charge < -0.3 is 77.4 Å². The van der Waals surface area contributed by atoms with E-state index in [0.717, 1.165) is 24.8 Å². The van der Waals surface area contributed by atoms with E-state index in [4.69, 9.17) is 42.6 Å². The number of carbonyl (C=O) groups is 3. The molecule has 0 spiro atoms. The summed E-state index contributed by atoms with van der Waals surface area (Å²) in [6.07, 6.45) is -0.424. The molecule has 80 heavy (non-hydrogen) atoms. The van der Waals surface area contributed by atoms with Crippen LogP contribution >= 0.6 is 0 Å². The highest BCUT2D eigenvalue weighted by molar-refractivity contribution is 5.93. The second-order valence-electron chi connectivity index (χ2n) is 23.9. The van der Waals surface area contributed by atoms with Gasteiger partial charge in [-0.05, 0) is 139 Å². The third kappa shape index (κ3) is 16.5. The van der Waals surface area contributed by atoms with E-state index >= 15 is 0 Å². The van der Waals surface area contributed by atoms with Gasteiger partial charge in [0.05, 0.1) is 59.7 Å². The predicted octanol–water partition coefficient (Wildman–Crippen LogP) is 6.43. The van der Waals surface area contributed by atoms with Crippen molar-refractivity contribution in [2.24, 2.45) is 17.8 Å². The number of carbonyl (C=O) groups excluding carboxylic acids is 2. The second-order valence-corrected chi connectivity index (χ2v) is 23.9. The molecule has 4 heterocycles. The third-order valence-corrected chi connectivity index (χ3v) is 16.9. The number of aliphatic hydroxyl groups is 3. The molecule has 1 aromatic carbocycles. The lowest BCUT2D eigenvalue weighted by atomic mass is 9.77. The fourth-order valence-corrected chi connectivity index (χ4v) is 12.3. The predicted molar refractivity (Wildman–Crippen MR) is 302 cm³/mol.